The van der Waals surface area contributed by atoms with Gasteiger partial charge in [-0.25, -0.2) is 9.59 Å². The number of nitrogens with zero attached hydrogens (tertiary/aromatic N) is 1. The molecule has 29 heavy (non-hydrogen) atoms. The summed E-state index contributed by atoms with van der Waals surface area (Å²) in [5.74, 6) is -1.39. The molecule has 2 aromatic carbocycles. The van der Waals surface area contributed by atoms with Crippen LogP contribution in [0.5, 0.6) is 0 Å². The molecule has 4 rings (SSSR count). The average Bonchev–Trinajstić information content (AvgIpc) is 3.27. The molecule has 1 atom stereocenters. The van der Waals surface area contributed by atoms with Gasteiger partial charge in [0.1, 0.15) is 12.6 Å². The second-order valence-electron chi connectivity index (χ2n) is 7.30. The van der Waals surface area contributed by atoms with E-state index >= 15 is 0 Å². The van der Waals surface area contributed by atoms with Gasteiger partial charge in [-0.15, -0.1) is 0 Å². The van der Waals surface area contributed by atoms with Crippen LogP contribution in [0.15, 0.2) is 48.5 Å². The van der Waals surface area contributed by atoms with Crippen LogP contribution >= 0.6 is 0 Å². The van der Waals surface area contributed by atoms with Gasteiger partial charge in [0.2, 0.25) is 5.91 Å². The molecule has 2 N–H and O–H groups in total. The van der Waals surface area contributed by atoms with Crippen LogP contribution in [0, 0.1) is 0 Å². The molecule has 1 aliphatic heterocycles. The second-order valence-corrected chi connectivity index (χ2v) is 7.30. The van der Waals surface area contributed by atoms with E-state index in [4.69, 9.17) is 4.74 Å². The minimum Gasteiger partial charge on any atom is -0.480 e. The SMILES string of the molecule is O=C(N[C@@H](CN1CCCC1=O)C(=O)O)OCC1c2ccccc2-c2ccccc21. The highest BCUT2D eigenvalue weighted by molar-refractivity contribution is 5.83. The summed E-state index contributed by atoms with van der Waals surface area (Å²) < 4.78 is 5.39. The number of amides is 2. The number of benzene rings is 2. The number of rotatable bonds is 6. The maximum atomic E-state index is 12.3. The smallest absolute Gasteiger partial charge is 0.407 e. The van der Waals surface area contributed by atoms with Crippen LogP contribution < -0.4 is 5.32 Å². The van der Waals surface area contributed by atoms with E-state index in [1.54, 1.807) is 0 Å². The van der Waals surface area contributed by atoms with Gasteiger partial charge in [-0.2, -0.15) is 0 Å². The molecule has 0 aromatic heterocycles. The Morgan fingerprint density at radius 3 is 2.28 bits per heavy atom. The predicted molar refractivity (Wildman–Crippen MR) is 105 cm³/mol. The summed E-state index contributed by atoms with van der Waals surface area (Å²) in [5.41, 5.74) is 4.40. The quantitative estimate of drug-likeness (QED) is 0.785. The summed E-state index contributed by atoms with van der Waals surface area (Å²) in [5, 5.41) is 11.8. The third kappa shape index (κ3) is 3.81. The van der Waals surface area contributed by atoms with Crippen molar-refractivity contribution in [2.45, 2.75) is 24.8 Å². The number of aliphatic carboxylic acids is 1. The monoisotopic (exact) mass is 394 g/mol. The molecule has 0 radical (unpaired) electrons. The molecule has 150 valence electrons. The Labute approximate surface area is 168 Å². The maximum Gasteiger partial charge on any atom is 0.407 e. The number of alkyl carbamates (subject to hydrolysis) is 1. The van der Waals surface area contributed by atoms with Crippen molar-refractivity contribution >= 4 is 18.0 Å². The highest BCUT2D eigenvalue weighted by atomic mass is 16.5. The van der Waals surface area contributed by atoms with E-state index in [9.17, 15) is 19.5 Å². The fraction of sp³-hybridized carbons (Fsp3) is 0.318. The van der Waals surface area contributed by atoms with E-state index in [1.165, 1.54) is 4.90 Å². The van der Waals surface area contributed by atoms with Crippen molar-refractivity contribution in [2.75, 3.05) is 19.7 Å². The highest BCUT2D eigenvalue weighted by Gasteiger charge is 2.31. The number of carbonyl (C=O) groups is 3. The zero-order valence-corrected chi connectivity index (χ0v) is 15.8. The number of hydrogen-bond acceptors (Lipinski definition) is 4. The standard InChI is InChI=1S/C22H22N2O5/c25-20-10-5-11-24(20)12-19(21(26)27)23-22(28)29-13-18-16-8-3-1-6-14(16)15-7-2-4-9-17(15)18/h1-4,6-9,18-19H,5,10-13H2,(H,23,28)(H,26,27)/t19-/m0/s1. The number of hydrogen-bond donors (Lipinski definition) is 2. The van der Waals surface area contributed by atoms with Crippen molar-refractivity contribution in [1.82, 2.24) is 10.2 Å². The van der Waals surface area contributed by atoms with Gasteiger partial charge in [0.15, 0.2) is 0 Å². The van der Waals surface area contributed by atoms with E-state index in [0.29, 0.717) is 19.4 Å². The van der Waals surface area contributed by atoms with Gasteiger partial charge in [0.25, 0.3) is 0 Å². The Balaban J connectivity index is 1.41. The summed E-state index contributed by atoms with van der Waals surface area (Å²) in [6.45, 7) is 0.558. The van der Waals surface area contributed by atoms with E-state index < -0.39 is 18.1 Å². The first-order valence-corrected chi connectivity index (χ1v) is 9.66. The number of carboxylic acid groups (broad SMARTS) is 1. The molecule has 2 aliphatic rings. The van der Waals surface area contributed by atoms with E-state index in [0.717, 1.165) is 22.3 Å². The summed E-state index contributed by atoms with van der Waals surface area (Å²) in [6, 6.07) is 14.8. The lowest BCUT2D eigenvalue weighted by atomic mass is 9.98. The molecule has 0 bridgehead atoms. The van der Waals surface area contributed by atoms with Crippen molar-refractivity contribution < 1.29 is 24.2 Å². The van der Waals surface area contributed by atoms with Crippen molar-refractivity contribution in [1.29, 1.82) is 0 Å². The molecule has 2 aromatic rings. The minimum absolute atomic E-state index is 0.0572. The van der Waals surface area contributed by atoms with Crippen LogP contribution in [0.1, 0.15) is 29.9 Å². The maximum absolute atomic E-state index is 12.3. The predicted octanol–water partition coefficient (Wildman–Crippen LogP) is 2.60. The van der Waals surface area contributed by atoms with Crippen LogP contribution in [0.25, 0.3) is 11.1 Å². The second kappa shape index (κ2) is 7.95. The summed E-state index contributed by atoms with van der Waals surface area (Å²) in [6.07, 6.45) is 0.318. The van der Waals surface area contributed by atoms with Crippen molar-refractivity contribution in [2.24, 2.45) is 0 Å². The molecule has 2 amide bonds. The van der Waals surface area contributed by atoms with Crippen molar-refractivity contribution in [3.8, 4) is 11.1 Å². The molecule has 0 saturated carbocycles. The zero-order valence-electron chi connectivity index (χ0n) is 15.8. The summed E-state index contributed by atoms with van der Waals surface area (Å²) in [4.78, 5) is 37.0. The number of carboxylic acids is 1. The van der Waals surface area contributed by atoms with E-state index in [1.807, 2.05) is 48.5 Å². The zero-order chi connectivity index (χ0) is 20.4. The van der Waals surface area contributed by atoms with E-state index in [2.05, 4.69) is 5.32 Å². The molecular formula is C22H22N2O5. The third-order valence-electron chi connectivity index (χ3n) is 5.51. The van der Waals surface area contributed by atoms with Gasteiger partial charge >= 0.3 is 12.1 Å². The third-order valence-corrected chi connectivity index (χ3v) is 5.51. The molecule has 1 saturated heterocycles. The highest BCUT2D eigenvalue weighted by Crippen LogP contribution is 2.44. The topological polar surface area (TPSA) is 95.9 Å². The van der Waals surface area contributed by atoms with Crippen LogP contribution in [0.2, 0.25) is 0 Å². The lowest BCUT2D eigenvalue weighted by molar-refractivity contribution is -0.140. The summed E-state index contributed by atoms with van der Waals surface area (Å²) >= 11 is 0. The molecule has 7 nitrogen and oxygen atoms in total. The summed E-state index contributed by atoms with van der Waals surface area (Å²) in [7, 11) is 0. The molecular weight excluding hydrogens is 372 g/mol. The first kappa shape index (κ1) is 19.0. The lowest BCUT2D eigenvalue weighted by Gasteiger charge is -2.22. The normalized spacial score (nSPS) is 16.3. The first-order valence-electron chi connectivity index (χ1n) is 9.66. The number of ether oxygens (including phenoxy) is 1. The first-order chi connectivity index (χ1) is 14.0. The number of carbonyl (C=O) groups excluding carboxylic acids is 2. The van der Waals surface area contributed by atoms with Crippen molar-refractivity contribution in [3.63, 3.8) is 0 Å². The van der Waals surface area contributed by atoms with Gasteiger partial charge in [-0.05, 0) is 28.7 Å². The largest absolute Gasteiger partial charge is 0.480 e. The van der Waals surface area contributed by atoms with Gasteiger partial charge in [-0.1, -0.05) is 48.5 Å². The average molecular weight is 394 g/mol. The molecule has 7 heteroatoms. The number of fused-ring (bicyclic) bond motifs is 3. The molecule has 0 unspecified atom stereocenters. The fourth-order valence-electron chi connectivity index (χ4n) is 4.09. The molecule has 1 heterocycles. The van der Waals surface area contributed by atoms with Gasteiger partial charge < -0.3 is 20.1 Å². The Bertz CT molecular complexity index is 912. The van der Waals surface area contributed by atoms with Crippen molar-refractivity contribution in [3.05, 3.63) is 59.7 Å². The Morgan fingerprint density at radius 1 is 1.10 bits per heavy atom. The van der Waals surface area contributed by atoms with Gasteiger partial charge in [0, 0.05) is 18.9 Å². The van der Waals surface area contributed by atoms with Crippen LogP contribution in [-0.4, -0.2) is 53.7 Å². The van der Waals surface area contributed by atoms with Crippen LogP contribution in [-0.2, 0) is 14.3 Å². The Morgan fingerprint density at radius 2 is 1.72 bits per heavy atom. The molecule has 0 spiro atoms. The Hall–Kier alpha value is -3.35. The number of nitrogens with one attached hydrogen (secondary N) is 1. The van der Waals surface area contributed by atoms with Crippen LogP contribution in [0.3, 0.4) is 0 Å². The van der Waals surface area contributed by atoms with Gasteiger partial charge in [-0.3, -0.25) is 4.79 Å². The van der Waals surface area contributed by atoms with Gasteiger partial charge in [0.05, 0.1) is 6.54 Å². The minimum atomic E-state index is -1.20. The fourth-order valence-corrected chi connectivity index (χ4v) is 4.09. The van der Waals surface area contributed by atoms with E-state index in [-0.39, 0.29) is 25.0 Å². The molecule has 1 fully saturated rings. The Kier molecular flexibility index (Phi) is 5.20. The van der Waals surface area contributed by atoms with Crippen LogP contribution in [0.4, 0.5) is 4.79 Å². The molecule has 1 aliphatic carbocycles. The lowest BCUT2D eigenvalue weighted by Crippen LogP contribution is -2.49. The number of likely N-dealkylation sites (tertiary alicyclic amines) is 1.